The van der Waals surface area contributed by atoms with Crippen molar-refractivity contribution in [2.24, 2.45) is 5.41 Å². The zero-order chi connectivity index (χ0) is 23.0. The first-order valence-corrected chi connectivity index (χ1v) is 10.7. The molecule has 1 saturated heterocycles. The van der Waals surface area contributed by atoms with E-state index in [0.29, 0.717) is 17.2 Å². The number of anilines is 2. The van der Waals surface area contributed by atoms with E-state index in [4.69, 9.17) is 4.98 Å². The Balaban J connectivity index is 1.71. The average molecular weight is 439 g/mol. The lowest BCUT2D eigenvalue weighted by Gasteiger charge is -2.37. The summed E-state index contributed by atoms with van der Waals surface area (Å²) in [5.41, 5.74) is 1.51. The smallest absolute Gasteiger partial charge is 0.337 e. The minimum Gasteiger partial charge on any atom is -0.478 e. The number of carboxylic acids is 1. The predicted octanol–water partition coefficient (Wildman–Crippen LogP) is 4.33. The van der Waals surface area contributed by atoms with Gasteiger partial charge in [-0.2, -0.15) is 0 Å². The summed E-state index contributed by atoms with van der Waals surface area (Å²) in [6.45, 7) is 8.03. The Morgan fingerprint density at radius 1 is 1.22 bits per heavy atom. The molecule has 1 fully saturated rings. The van der Waals surface area contributed by atoms with E-state index in [-0.39, 0.29) is 22.6 Å². The van der Waals surface area contributed by atoms with Gasteiger partial charge in [-0.15, -0.1) is 0 Å². The Hall–Kier alpha value is -3.42. The molecule has 3 aromatic rings. The van der Waals surface area contributed by atoms with Crippen LogP contribution in [0.4, 0.5) is 15.9 Å². The topological polar surface area (TPSA) is 86.9 Å². The number of piperidine rings is 1. The molecule has 8 heteroatoms. The van der Waals surface area contributed by atoms with Crippen molar-refractivity contribution >= 4 is 23.1 Å². The number of aromatic nitrogens is 2. The van der Waals surface area contributed by atoms with Gasteiger partial charge in [-0.05, 0) is 49.4 Å². The zero-order valence-corrected chi connectivity index (χ0v) is 18.4. The monoisotopic (exact) mass is 438 g/mol. The van der Waals surface area contributed by atoms with E-state index in [9.17, 15) is 19.1 Å². The molecule has 1 aromatic carbocycles. The Labute approximate surface area is 185 Å². The number of carbonyl (C=O) groups is 1. The van der Waals surface area contributed by atoms with Gasteiger partial charge in [0.15, 0.2) is 0 Å². The normalized spacial score (nSPS) is 16.7. The second kappa shape index (κ2) is 8.26. The maximum absolute atomic E-state index is 13.5. The van der Waals surface area contributed by atoms with Crippen LogP contribution in [0.2, 0.25) is 0 Å². The molecule has 168 valence electrons. The van der Waals surface area contributed by atoms with E-state index >= 15 is 0 Å². The van der Waals surface area contributed by atoms with Gasteiger partial charge in [0.25, 0.3) is 5.56 Å². The lowest BCUT2D eigenvalue weighted by Crippen LogP contribution is -2.38. The van der Waals surface area contributed by atoms with Crippen LogP contribution in [0.3, 0.4) is 0 Å². The zero-order valence-electron chi connectivity index (χ0n) is 18.4. The van der Waals surface area contributed by atoms with E-state index in [1.54, 1.807) is 18.3 Å². The molecule has 0 radical (unpaired) electrons. The van der Waals surface area contributed by atoms with Gasteiger partial charge in [-0.3, -0.25) is 9.20 Å². The van der Waals surface area contributed by atoms with Crippen molar-refractivity contribution in [1.29, 1.82) is 0 Å². The molecule has 0 saturated carbocycles. The van der Waals surface area contributed by atoms with Crippen LogP contribution >= 0.6 is 0 Å². The SMILES string of the molecule is C[C@@H](Nc1ccc(F)cc1C(=O)O)c1cccn2c(=O)cc(N3CCC(C)(C)CC3)nc12. The fourth-order valence-corrected chi connectivity index (χ4v) is 4.11. The highest BCUT2D eigenvalue weighted by molar-refractivity contribution is 5.94. The van der Waals surface area contributed by atoms with Crippen molar-refractivity contribution in [3.05, 3.63) is 69.9 Å². The standard InChI is InChI=1S/C24H27FN4O3/c1-15(26-19-7-6-16(25)13-18(19)23(31)32)17-5-4-10-29-21(30)14-20(27-22(17)29)28-11-8-24(2,3)9-12-28/h4-7,10,13-15,26H,8-9,11-12H2,1-3H3,(H,31,32)/t15-/m1/s1. The van der Waals surface area contributed by atoms with Crippen LogP contribution in [0.5, 0.6) is 0 Å². The summed E-state index contributed by atoms with van der Waals surface area (Å²) in [6.07, 6.45) is 3.72. The summed E-state index contributed by atoms with van der Waals surface area (Å²) in [5, 5.41) is 12.6. The maximum Gasteiger partial charge on any atom is 0.337 e. The molecular weight excluding hydrogens is 411 g/mol. The average Bonchev–Trinajstić information content (AvgIpc) is 2.74. The number of hydrogen-bond donors (Lipinski definition) is 2. The van der Waals surface area contributed by atoms with Crippen molar-refractivity contribution in [3.8, 4) is 0 Å². The molecule has 4 rings (SSSR count). The van der Waals surface area contributed by atoms with Gasteiger partial charge in [-0.1, -0.05) is 19.9 Å². The van der Waals surface area contributed by atoms with Crippen LogP contribution in [-0.4, -0.2) is 33.6 Å². The number of rotatable bonds is 5. The molecule has 1 atom stereocenters. The molecule has 2 N–H and O–H groups in total. The number of nitrogens with zero attached hydrogens (tertiary/aromatic N) is 3. The third-order valence-corrected chi connectivity index (χ3v) is 6.20. The summed E-state index contributed by atoms with van der Waals surface area (Å²) in [4.78, 5) is 31.3. The number of pyridine rings is 1. The van der Waals surface area contributed by atoms with E-state index < -0.39 is 11.8 Å². The first-order valence-electron chi connectivity index (χ1n) is 10.7. The van der Waals surface area contributed by atoms with Crippen molar-refractivity contribution in [2.75, 3.05) is 23.3 Å². The second-order valence-electron chi connectivity index (χ2n) is 9.12. The number of halogens is 1. The maximum atomic E-state index is 13.5. The lowest BCUT2D eigenvalue weighted by atomic mass is 9.83. The number of hydrogen-bond acceptors (Lipinski definition) is 5. The van der Waals surface area contributed by atoms with Crippen LogP contribution in [0, 0.1) is 11.2 Å². The third-order valence-electron chi connectivity index (χ3n) is 6.20. The Bertz CT molecular complexity index is 1230. The lowest BCUT2D eigenvalue weighted by molar-refractivity contribution is 0.0697. The van der Waals surface area contributed by atoms with E-state index in [1.807, 2.05) is 13.0 Å². The molecule has 7 nitrogen and oxygen atoms in total. The molecule has 1 aliphatic heterocycles. The summed E-state index contributed by atoms with van der Waals surface area (Å²) >= 11 is 0. The number of aromatic carboxylic acids is 1. The summed E-state index contributed by atoms with van der Waals surface area (Å²) in [6, 6.07) is 8.40. The van der Waals surface area contributed by atoms with Crippen LogP contribution in [0.25, 0.3) is 5.65 Å². The molecule has 0 bridgehead atoms. The highest BCUT2D eigenvalue weighted by Crippen LogP contribution is 2.32. The van der Waals surface area contributed by atoms with Gasteiger partial charge in [0.1, 0.15) is 17.3 Å². The molecular formula is C24H27FN4O3. The summed E-state index contributed by atoms with van der Waals surface area (Å²) in [7, 11) is 0. The highest BCUT2D eigenvalue weighted by atomic mass is 19.1. The third kappa shape index (κ3) is 4.30. The van der Waals surface area contributed by atoms with Crippen molar-refractivity contribution in [3.63, 3.8) is 0 Å². The fourth-order valence-electron chi connectivity index (χ4n) is 4.11. The van der Waals surface area contributed by atoms with Crippen LogP contribution in [-0.2, 0) is 0 Å². The predicted molar refractivity (Wildman–Crippen MR) is 122 cm³/mol. The number of benzene rings is 1. The van der Waals surface area contributed by atoms with Crippen LogP contribution < -0.4 is 15.8 Å². The molecule has 0 aliphatic carbocycles. The molecule has 0 spiro atoms. The van der Waals surface area contributed by atoms with Crippen LogP contribution in [0.15, 0.2) is 47.4 Å². The molecule has 3 heterocycles. The number of carboxylic acid groups (broad SMARTS) is 1. The van der Waals surface area contributed by atoms with E-state index in [0.717, 1.165) is 37.6 Å². The summed E-state index contributed by atoms with van der Waals surface area (Å²) in [5.74, 6) is -1.19. The molecule has 2 aromatic heterocycles. The Morgan fingerprint density at radius 2 is 1.94 bits per heavy atom. The molecule has 1 aliphatic rings. The fraction of sp³-hybridized carbons (Fsp3) is 0.375. The number of fused-ring (bicyclic) bond motifs is 1. The minimum absolute atomic E-state index is 0.154. The van der Waals surface area contributed by atoms with Gasteiger partial charge < -0.3 is 15.3 Å². The molecule has 0 unspecified atom stereocenters. The minimum atomic E-state index is -1.22. The number of nitrogens with one attached hydrogen (secondary N) is 1. The van der Waals surface area contributed by atoms with Crippen molar-refractivity contribution in [2.45, 2.75) is 39.7 Å². The van der Waals surface area contributed by atoms with Gasteiger partial charge in [0.05, 0.1) is 11.6 Å². The van der Waals surface area contributed by atoms with Crippen molar-refractivity contribution < 1.29 is 14.3 Å². The quantitative estimate of drug-likeness (QED) is 0.617. The second-order valence-corrected chi connectivity index (χ2v) is 9.12. The summed E-state index contributed by atoms with van der Waals surface area (Å²) < 4.78 is 15.0. The van der Waals surface area contributed by atoms with E-state index in [1.165, 1.54) is 16.5 Å². The van der Waals surface area contributed by atoms with Gasteiger partial charge in [0, 0.05) is 36.6 Å². The highest BCUT2D eigenvalue weighted by Gasteiger charge is 2.26. The van der Waals surface area contributed by atoms with E-state index in [2.05, 4.69) is 24.1 Å². The van der Waals surface area contributed by atoms with Gasteiger partial charge in [0.2, 0.25) is 0 Å². The Morgan fingerprint density at radius 3 is 2.62 bits per heavy atom. The van der Waals surface area contributed by atoms with Gasteiger partial charge in [-0.25, -0.2) is 14.2 Å². The molecule has 32 heavy (non-hydrogen) atoms. The largest absolute Gasteiger partial charge is 0.478 e. The van der Waals surface area contributed by atoms with Gasteiger partial charge >= 0.3 is 5.97 Å². The molecule has 0 amide bonds. The first-order chi connectivity index (χ1) is 15.1. The first kappa shape index (κ1) is 21.8. The Kier molecular flexibility index (Phi) is 5.62. The van der Waals surface area contributed by atoms with Crippen LogP contribution in [0.1, 0.15) is 55.6 Å². The van der Waals surface area contributed by atoms with Crippen molar-refractivity contribution in [1.82, 2.24) is 9.38 Å².